The van der Waals surface area contributed by atoms with Crippen molar-refractivity contribution in [1.82, 2.24) is 0 Å². The third kappa shape index (κ3) is 4.09. The second-order valence-electron chi connectivity index (χ2n) is 5.88. The summed E-state index contributed by atoms with van der Waals surface area (Å²) in [5.41, 5.74) is 2.84. The van der Waals surface area contributed by atoms with E-state index in [4.69, 9.17) is 4.74 Å². The van der Waals surface area contributed by atoms with Crippen molar-refractivity contribution in [2.75, 3.05) is 12.9 Å². The Hall–Kier alpha value is -2.51. The van der Waals surface area contributed by atoms with Crippen LogP contribution in [0.5, 0.6) is 0 Å². The summed E-state index contributed by atoms with van der Waals surface area (Å²) in [5, 5.41) is 1.82. The fourth-order valence-electron chi connectivity index (χ4n) is 2.70. The van der Waals surface area contributed by atoms with E-state index in [1.54, 1.807) is 31.2 Å². The number of carbonyl (C=O) groups excluding carboxylic acids is 1. The topological polar surface area (TPSA) is 60.4 Å². The first-order valence-corrected chi connectivity index (χ1v) is 10.9. The largest absolute Gasteiger partial charge is 0.462 e. The first-order chi connectivity index (χ1) is 12.8. The van der Waals surface area contributed by atoms with Gasteiger partial charge in [0.1, 0.15) is 10.7 Å². The standard InChI is InChI=1S/C20H17FO4S2/c1-3-25-20(22)19-18(14-4-8-15(21)9-5-14)17(12-26-19)13-6-10-16(11-7-13)27(2,23)24/h4-12H,3H2,1-2H3. The highest BCUT2D eigenvalue weighted by molar-refractivity contribution is 7.90. The Kier molecular flexibility index (Phi) is 5.43. The highest BCUT2D eigenvalue weighted by Gasteiger charge is 2.21. The summed E-state index contributed by atoms with van der Waals surface area (Å²) in [6.07, 6.45) is 1.15. The van der Waals surface area contributed by atoms with E-state index < -0.39 is 15.8 Å². The van der Waals surface area contributed by atoms with Crippen LogP contribution >= 0.6 is 11.3 Å². The van der Waals surface area contributed by atoms with Crippen LogP contribution in [-0.2, 0) is 14.6 Å². The number of rotatable bonds is 5. The van der Waals surface area contributed by atoms with Gasteiger partial charge in [0.25, 0.3) is 0 Å². The predicted octanol–water partition coefficient (Wildman–Crippen LogP) is 4.80. The van der Waals surface area contributed by atoms with Gasteiger partial charge in [-0.25, -0.2) is 17.6 Å². The van der Waals surface area contributed by atoms with Gasteiger partial charge in [0.2, 0.25) is 0 Å². The zero-order chi connectivity index (χ0) is 19.6. The third-order valence-corrected chi connectivity index (χ3v) is 6.07. The molecule has 0 atom stereocenters. The molecule has 0 aliphatic heterocycles. The fraction of sp³-hybridized carbons (Fsp3) is 0.150. The number of thiophene rings is 1. The molecule has 0 unspecified atom stereocenters. The highest BCUT2D eigenvalue weighted by Crippen LogP contribution is 2.40. The van der Waals surface area contributed by atoms with Gasteiger partial charge in [-0.05, 0) is 42.3 Å². The lowest BCUT2D eigenvalue weighted by Crippen LogP contribution is -2.04. The number of hydrogen-bond donors (Lipinski definition) is 0. The van der Waals surface area contributed by atoms with E-state index in [-0.39, 0.29) is 17.3 Å². The summed E-state index contributed by atoms with van der Waals surface area (Å²) < 4.78 is 41.8. The lowest BCUT2D eigenvalue weighted by molar-refractivity contribution is 0.0533. The number of benzene rings is 2. The Morgan fingerprint density at radius 3 is 2.19 bits per heavy atom. The van der Waals surface area contributed by atoms with Crippen LogP contribution < -0.4 is 0 Å². The Morgan fingerprint density at radius 1 is 1.04 bits per heavy atom. The zero-order valence-electron chi connectivity index (χ0n) is 14.7. The second kappa shape index (κ2) is 7.62. The molecule has 3 aromatic rings. The van der Waals surface area contributed by atoms with Gasteiger partial charge < -0.3 is 4.74 Å². The molecule has 0 spiro atoms. The molecule has 0 N–H and O–H groups in total. The third-order valence-electron chi connectivity index (χ3n) is 3.98. The van der Waals surface area contributed by atoms with E-state index in [9.17, 15) is 17.6 Å². The van der Waals surface area contributed by atoms with Crippen molar-refractivity contribution in [3.05, 3.63) is 64.6 Å². The Morgan fingerprint density at radius 2 is 1.63 bits per heavy atom. The molecule has 1 aromatic heterocycles. The monoisotopic (exact) mass is 404 g/mol. The van der Waals surface area contributed by atoms with Crippen molar-refractivity contribution in [1.29, 1.82) is 0 Å². The van der Waals surface area contributed by atoms with E-state index >= 15 is 0 Å². The quantitative estimate of drug-likeness (QED) is 0.573. The molecule has 0 amide bonds. The van der Waals surface area contributed by atoms with Crippen molar-refractivity contribution in [2.24, 2.45) is 0 Å². The van der Waals surface area contributed by atoms with E-state index in [0.29, 0.717) is 16.0 Å². The van der Waals surface area contributed by atoms with Crippen LogP contribution in [0.1, 0.15) is 16.6 Å². The van der Waals surface area contributed by atoms with E-state index in [1.165, 1.54) is 35.6 Å². The molecule has 0 saturated carbocycles. The number of halogens is 1. The van der Waals surface area contributed by atoms with Gasteiger partial charge in [-0.1, -0.05) is 24.3 Å². The molecular weight excluding hydrogens is 387 g/mol. The fourth-order valence-corrected chi connectivity index (χ4v) is 4.32. The first-order valence-electron chi connectivity index (χ1n) is 8.16. The maximum atomic E-state index is 13.3. The smallest absolute Gasteiger partial charge is 0.348 e. The van der Waals surface area contributed by atoms with Gasteiger partial charge in [-0.2, -0.15) is 0 Å². The summed E-state index contributed by atoms with van der Waals surface area (Å²) in [6.45, 7) is 1.98. The zero-order valence-corrected chi connectivity index (χ0v) is 16.4. The molecule has 7 heteroatoms. The molecule has 140 valence electrons. The molecule has 0 aliphatic rings. The SMILES string of the molecule is CCOC(=O)c1scc(-c2ccc(S(C)(=O)=O)cc2)c1-c1ccc(F)cc1. The molecule has 3 rings (SSSR count). The summed E-state index contributed by atoms with van der Waals surface area (Å²) in [5.74, 6) is -0.813. The average Bonchev–Trinajstić information content (AvgIpc) is 3.07. The molecule has 0 saturated heterocycles. The highest BCUT2D eigenvalue weighted by atomic mass is 32.2. The van der Waals surface area contributed by atoms with Gasteiger partial charge in [-0.15, -0.1) is 11.3 Å². The molecule has 0 aliphatic carbocycles. The Labute approximate surface area is 161 Å². The molecule has 27 heavy (non-hydrogen) atoms. The van der Waals surface area contributed by atoms with Crippen LogP contribution in [-0.4, -0.2) is 27.2 Å². The van der Waals surface area contributed by atoms with Crippen molar-refractivity contribution in [2.45, 2.75) is 11.8 Å². The summed E-state index contributed by atoms with van der Waals surface area (Å²) in [4.78, 5) is 13.0. The Bertz CT molecular complexity index is 1070. The van der Waals surface area contributed by atoms with Crippen LogP contribution in [0, 0.1) is 5.82 Å². The molecule has 0 radical (unpaired) electrons. The normalized spacial score (nSPS) is 11.4. The molecule has 4 nitrogen and oxygen atoms in total. The van der Waals surface area contributed by atoms with Gasteiger partial charge in [0.15, 0.2) is 9.84 Å². The maximum Gasteiger partial charge on any atom is 0.348 e. The number of sulfone groups is 1. The summed E-state index contributed by atoms with van der Waals surface area (Å²) in [6, 6.07) is 12.3. The minimum Gasteiger partial charge on any atom is -0.462 e. The summed E-state index contributed by atoms with van der Waals surface area (Å²) >= 11 is 1.24. The maximum absolute atomic E-state index is 13.3. The van der Waals surface area contributed by atoms with Crippen LogP contribution in [0.15, 0.2) is 58.8 Å². The van der Waals surface area contributed by atoms with Crippen LogP contribution in [0.3, 0.4) is 0 Å². The van der Waals surface area contributed by atoms with Crippen molar-refractivity contribution in [3.8, 4) is 22.3 Å². The lowest BCUT2D eigenvalue weighted by atomic mass is 9.97. The first kappa shape index (κ1) is 19.3. The predicted molar refractivity (Wildman–Crippen MR) is 104 cm³/mol. The Balaban J connectivity index is 2.15. The van der Waals surface area contributed by atoms with Gasteiger partial charge in [-0.3, -0.25) is 0 Å². The van der Waals surface area contributed by atoms with Crippen molar-refractivity contribution < 1.29 is 22.3 Å². The lowest BCUT2D eigenvalue weighted by Gasteiger charge is -2.09. The van der Waals surface area contributed by atoms with Gasteiger partial charge in [0.05, 0.1) is 11.5 Å². The molecule has 0 fully saturated rings. The van der Waals surface area contributed by atoms with Crippen molar-refractivity contribution in [3.63, 3.8) is 0 Å². The minimum atomic E-state index is -3.30. The van der Waals surface area contributed by atoms with Crippen LogP contribution in [0.2, 0.25) is 0 Å². The van der Waals surface area contributed by atoms with Gasteiger partial charge in [0, 0.05) is 22.8 Å². The number of esters is 1. The van der Waals surface area contributed by atoms with E-state index in [1.807, 2.05) is 5.38 Å². The molecule has 0 bridgehead atoms. The molecule has 2 aromatic carbocycles. The number of hydrogen-bond acceptors (Lipinski definition) is 5. The molecule has 1 heterocycles. The number of ether oxygens (including phenoxy) is 1. The summed E-state index contributed by atoms with van der Waals surface area (Å²) in [7, 11) is -3.30. The van der Waals surface area contributed by atoms with Crippen LogP contribution in [0.25, 0.3) is 22.3 Å². The van der Waals surface area contributed by atoms with E-state index in [2.05, 4.69) is 0 Å². The van der Waals surface area contributed by atoms with Crippen molar-refractivity contribution >= 4 is 27.1 Å². The second-order valence-corrected chi connectivity index (χ2v) is 8.77. The minimum absolute atomic E-state index is 0.218. The molecular formula is C20H17FO4S2. The van der Waals surface area contributed by atoms with Gasteiger partial charge >= 0.3 is 5.97 Å². The average molecular weight is 404 g/mol. The van der Waals surface area contributed by atoms with Crippen LogP contribution in [0.4, 0.5) is 4.39 Å². The van der Waals surface area contributed by atoms with E-state index in [0.717, 1.165) is 17.4 Å². The number of carbonyl (C=O) groups is 1.